The smallest absolute Gasteiger partial charge is 0.146 e. The van der Waals surface area contributed by atoms with Crippen molar-refractivity contribution in [2.24, 2.45) is 0 Å². The van der Waals surface area contributed by atoms with Gasteiger partial charge in [-0.15, -0.1) is 0 Å². The van der Waals surface area contributed by atoms with Crippen LogP contribution >= 0.6 is 15.9 Å². The fourth-order valence-corrected chi connectivity index (χ4v) is 3.12. The van der Waals surface area contributed by atoms with E-state index in [4.69, 9.17) is 4.74 Å². The average molecular weight is 392 g/mol. The van der Waals surface area contributed by atoms with Gasteiger partial charge in [0.2, 0.25) is 0 Å². The minimum atomic E-state index is 0.622. The van der Waals surface area contributed by atoms with Crippen molar-refractivity contribution in [3.63, 3.8) is 0 Å². The molecule has 24 heavy (non-hydrogen) atoms. The molecule has 1 aromatic heterocycles. The third-order valence-electron chi connectivity index (χ3n) is 4.02. The van der Waals surface area contributed by atoms with Crippen LogP contribution in [0.15, 0.2) is 29.0 Å². The van der Waals surface area contributed by atoms with E-state index >= 15 is 0 Å². The van der Waals surface area contributed by atoms with Crippen molar-refractivity contribution in [2.45, 2.75) is 40.5 Å². The standard InChI is InChI=1S/C19H26BrN3O/c1-5-7-16-8-9-17(14(3)12-16)24-11-10-23(6-2)19-18(20)15(4)21-13-22-19/h8-9,12-13H,5-7,10-11H2,1-4H3. The van der Waals surface area contributed by atoms with Gasteiger partial charge in [0.1, 0.15) is 24.5 Å². The normalized spacial score (nSPS) is 10.7. The number of hydrogen-bond donors (Lipinski definition) is 0. The number of ether oxygens (including phenoxy) is 1. The average Bonchev–Trinajstić information content (AvgIpc) is 2.57. The first-order chi connectivity index (χ1) is 11.6. The number of likely N-dealkylation sites (N-methyl/N-ethyl adjacent to an activating group) is 1. The molecule has 4 nitrogen and oxygen atoms in total. The number of rotatable bonds is 8. The molecule has 5 heteroatoms. The largest absolute Gasteiger partial charge is 0.491 e. The highest BCUT2D eigenvalue weighted by Crippen LogP contribution is 2.25. The lowest BCUT2D eigenvalue weighted by atomic mass is 10.1. The zero-order chi connectivity index (χ0) is 17.5. The number of benzene rings is 1. The lowest BCUT2D eigenvalue weighted by Crippen LogP contribution is -2.29. The topological polar surface area (TPSA) is 38.2 Å². The molecule has 0 radical (unpaired) electrons. The van der Waals surface area contributed by atoms with Crippen LogP contribution < -0.4 is 9.64 Å². The van der Waals surface area contributed by atoms with Crippen molar-refractivity contribution in [2.75, 3.05) is 24.6 Å². The van der Waals surface area contributed by atoms with Crippen molar-refractivity contribution < 1.29 is 4.74 Å². The predicted molar refractivity (Wildman–Crippen MR) is 103 cm³/mol. The van der Waals surface area contributed by atoms with Crippen LogP contribution in [0.5, 0.6) is 5.75 Å². The summed E-state index contributed by atoms with van der Waals surface area (Å²) < 4.78 is 6.94. The molecule has 0 unspecified atom stereocenters. The number of aryl methyl sites for hydroxylation is 3. The summed E-state index contributed by atoms with van der Waals surface area (Å²) in [5.41, 5.74) is 3.52. The van der Waals surface area contributed by atoms with E-state index in [1.165, 1.54) is 17.5 Å². The number of nitrogens with zero attached hydrogens (tertiary/aromatic N) is 3. The van der Waals surface area contributed by atoms with Gasteiger partial charge >= 0.3 is 0 Å². The Kier molecular flexibility index (Phi) is 7.03. The van der Waals surface area contributed by atoms with Crippen LogP contribution in [0.3, 0.4) is 0 Å². The van der Waals surface area contributed by atoms with Crippen molar-refractivity contribution in [3.05, 3.63) is 45.8 Å². The molecular weight excluding hydrogens is 366 g/mol. The van der Waals surface area contributed by atoms with Gasteiger partial charge in [0.25, 0.3) is 0 Å². The van der Waals surface area contributed by atoms with Crippen molar-refractivity contribution in [1.82, 2.24) is 9.97 Å². The van der Waals surface area contributed by atoms with E-state index in [1.807, 2.05) is 6.92 Å². The quantitative estimate of drug-likeness (QED) is 0.652. The Hall–Kier alpha value is -1.62. The van der Waals surface area contributed by atoms with Gasteiger partial charge < -0.3 is 9.64 Å². The van der Waals surface area contributed by atoms with E-state index < -0.39 is 0 Å². The molecule has 2 aromatic rings. The third kappa shape index (κ3) is 4.69. The first-order valence-corrected chi connectivity index (χ1v) is 9.30. The molecule has 0 saturated heterocycles. The summed E-state index contributed by atoms with van der Waals surface area (Å²) >= 11 is 3.59. The highest BCUT2D eigenvalue weighted by molar-refractivity contribution is 9.10. The molecule has 0 fully saturated rings. The summed E-state index contributed by atoms with van der Waals surface area (Å²) in [6, 6.07) is 6.47. The summed E-state index contributed by atoms with van der Waals surface area (Å²) in [5, 5.41) is 0. The number of halogens is 1. The summed E-state index contributed by atoms with van der Waals surface area (Å²) in [4.78, 5) is 10.8. The fourth-order valence-electron chi connectivity index (χ4n) is 2.66. The lowest BCUT2D eigenvalue weighted by molar-refractivity contribution is 0.321. The summed E-state index contributed by atoms with van der Waals surface area (Å²) in [7, 11) is 0. The van der Waals surface area contributed by atoms with Crippen LogP contribution in [0.1, 0.15) is 37.1 Å². The molecule has 0 N–H and O–H groups in total. The van der Waals surface area contributed by atoms with Crippen molar-refractivity contribution >= 4 is 21.7 Å². The Morgan fingerprint density at radius 3 is 2.62 bits per heavy atom. The molecule has 1 aromatic carbocycles. The van der Waals surface area contributed by atoms with E-state index in [0.29, 0.717) is 6.61 Å². The second-order valence-electron chi connectivity index (χ2n) is 5.87. The van der Waals surface area contributed by atoms with Crippen LogP contribution in [-0.2, 0) is 6.42 Å². The second kappa shape index (κ2) is 9.02. The Bertz CT molecular complexity index is 676. The summed E-state index contributed by atoms with van der Waals surface area (Å²) in [6.07, 6.45) is 3.89. The van der Waals surface area contributed by atoms with Gasteiger partial charge in [-0.3, -0.25) is 0 Å². The van der Waals surface area contributed by atoms with E-state index in [9.17, 15) is 0 Å². The molecule has 0 aliphatic carbocycles. The van der Waals surface area contributed by atoms with Gasteiger partial charge in [0.05, 0.1) is 16.7 Å². The minimum absolute atomic E-state index is 0.622. The zero-order valence-electron chi connectivity index (χ0n) is 15.0. The van der Waals surface area contributed by atoms with Crippen LogP contribution in [0.25, 0.3) is 0 Å². The Balaban J connectivity index is 1.98. The molecule has 2 rings (SSSR count). The third-order valence-corrected chi connectivity index (χ3v) is 4.95. The maximum Gasteiger partial charge on any atom is 0.146 e. The van der Waals surface area contributed by atoms with Gasteiger partial charge in [0, 0.05) is 6.54 Å². The molecule has 0 amide bonds. The molecule has 0 aliphatic heterocycles. The number of hydrogen-bond acceptors (Lipinski definition) is 4. The molecule has 0 saturated carbocycles. The maximum absolute atomic E-state index is 5.99. The van der Waals surface area contributed by atoms with E-state index in [-0.39, 0.29) is 0 Å². The maximum atomic E-state index is 5.99. The van der Waals surface area contributed by atoms with E-state index in [0.717, 1.165) is 41.2 Å². The van der Waals surface area contributed by atoms with Crippen LogP contribution in [-0.4, -0.2) is 29.7 Å². The fraction of sp³-hybridized carbons (Fsp3) is 0.474. The minimum Gasteiger partial charge on any atom is -0.491 e. The van der Waals surface area contributed by atoms with Gasteiger partial charge in [-0.1, -0.05) is 25.5 Å². The van der Waals surface area contributed by atoms with Gasteiger partial charge in [0.15, 0.2) is 0 Å². The van der Waals surface area contributed by atoms with Gasteiger partial charge in [-0.2, -0.15) is 0 Å². The molecule has 1 heterocycles. The summed E-state index contributed by atoms with van der Waals surface area (Å²) in [6.45, 7) is 10.7. The van der Waals surface area contributed by atoms with Crippen LogP contribution in [0.2, 0.25) is 0 Å². The molecule has 0 spiro atoms. The van der Waals surface area contributed by atoms with Crippen molar-refractivity contribution in [3.8, 4) is 5.75 Å². The predicted octanol–water partition coefficient (Wildman–Crippen LogP) is 4.71. The second-order valence-corrected chi connectivity index (χ2v) is 6.67. The Morgan fingerprint density at radius 1 is 1.17 bits per heavy atom. The summed E-state index contributed by atoms with van der Waals surface area (Å²) in [5.74, 6) is 1.88. The Morgan fingerprint density at radius 2 is 1.96 bits per heavy atom. The molecular formula is C19H26BrN3O. The van der Waals surface area contributed by atoms with E-state index in [2.05, 4.69) is 69.8 Å². The molecule has 0 bridgehead atoms. The molecule has 0 atom stereocenters. The van der Waals surface area contributed by atoms with E-state index in [1.54, 1.807) is 6.33 Å². The first kappa shape index (κ1) is 18.7. The lowest BCUT2D eigenvalue weighted by Gasteiger charge is -2.23. The van der Waals surface area contributed by atoms with Crippen LogP contribution in [0, 0.1) is 13.8 Å². The van der Waals surface area contributed by atoms with Gasteiger partial charge in [-0.05, 0) is 60.3 Å². The number of aromatic nitrogens is 2. The monoisotopic (exact) mass is 391 g/mol. The van der Waals surface area contributed by atoms with Crippen LogP contribution in [0.4, 0.5) is 5.82 Å². The SMILES string of the molecule is CCCc1ccc(OCCN(CC)c2ncnc(C)c2Br)c(C)c1. The first-order valence-electron chi connectivity index (χ1n) is 8.51. The Labute approximate surface area is 153 Å². The molecule has 130 valence electrons. The highest BCUT2D eigenvalue weighted by atomic mass is 79.9. The number of anilines is 1. The zero-order valence-corrected chi connectivity index (χ0v) is 16.6. The highest BCUT2D eigenvalue weighted by Gasteiger charge is 2.12. The van der Waals surface area contributed by atoms with Crippen molar-refractivity contribution in [1.29, 1.82) is 0 Å². The van der Waals surface area contributed by atoms with Gasteiger partial charge in [-0.25, -0.2) is 9.97 Å². The molecule has 0 aliphatic rings.